The van der Waals surface area contributed by atoms with E-state index in [9.17, 15) is 19.1 Å². The van der Waals surface area contributed by atoms with Gasteiger partial charge in [-0.3, -0.25) is 9.59 Å². The molecule has 1 aromatic rings. The fourth-order valence-corrected chi connectivity index (χ4v) is 3.28. The molecule has 5 nitrogen and oxygen atoms in total. The Labute approximate surface area is 133 Å². The van der Waals surface area contributed by atoms with E-state index < -0.39 is 23.1 Å². The van der Waals surface area contributed by atoms with Gasteiger partial charge in [0, 0.05) is 13.1 Å². The highest BCUT2D eigenvalue weighted by Crippen LogP contribution is 2.37. The van der Waals surface area contributed by atoms with Gasteiger partial charge in [-0.25, -0.2) is 4.39 Å². The molecule has 0 saturated carbocycles. The van der Waals surface area contributed by atoms with Crippen LogP contribution in [0.2, 0.25) is 0 Å². The van der Waals surface area contributed by atoms with Crippen molar-refractivity contribution >= 4 is 11.9 Å². The second-order valence-electron chi connectivity index (χ2n) is 6.00. The highest BCUT2D eigenvalue weighted by molar-refractivity contribution is 6.02. The number of halogens is 1. The van der Waals surface area contributed by atoms with E-state index in [1.54, 1.807) is 18.2 Å². The Balaban J connectivity index is 1.86. The summed E-state index contributed by atoms with van der Waals surface area (Å²) >= 11 is 0. The summed E-state index contributed by atoms with van der Waals surface area (Å²) in [5.74, 6) is -1.78. The maximum absolute atomic E-state index is 13.9. The first kappa shape index (κ1) is 15.5. The molecule has 0 saturated heterocycles. The normalized spacial score (nSPS) is 18.6. The number of hydrogen-bond acceptors (Lipinski definition) is 3. The highest BCUT2D eigenvalue weighted by Gasteiger charge is 2.48. The Hall–Kier alpha value is -2.37. The molecule has 0 unspecified atom stereocenters. The average Bonchev–Trinajstić information content (AvgIpc) is 3.04. The molecule has 122 valence electrons. The molecule has 0 fully saturated rings. The molecule has 3 rings (SSSR count). The molecule has 0 bridgehead atoms. The molecule has 1 heterocycles. The van der Waals surface area contributed by atoms with Crippen LogP contribution < -0.4 is 4.74 Å². The van der Waals surface area contributed by atoms with Crippen LogP contribution in [-0.2, 0) is 22.6 Å². The molecule has 1 aromatic carbocycles. The quantitative estimate of drug-likeness (QED) is 0.685. The standard InChI is InChI=1S/C17H18FNO4/c1-23-14-9-11-4-7-19(10-12(11)8-13(14)18)15(20)17(16(21)22)5-2-3-6-17/h2-3,8-9H,4-7,10H2,1H3,(H,21,22). The summed E-state index contributed by atoms with van der Waals surface area (Å²) in [6, 6.07) is 3.02. The molecule has 23 heavy (non-hydrogen) atoms. The van der Waals surface area contributed by atoms with Gasteiger partial charge in [0.1, 0.15) is 0 Å². The van der Waals surface area contributed by atoms with Crippen LogP contribution in [0.3, 0.4) is 0 Å². The Morgan fingerprint density at radius 1 is 1.26 bits per heavy atom. The molecule has 0 atom stereocenters. The third-order valence-electron chi connectivity index (χ3n) is 4.69. The summed E-state index contributed by atoms with van der Waals surface area (Å²) in [4.78, 5) is 25.9. The van der Waals surface area contributed by atoms with Crippen LogP contribution in [0.1, 0.15) is 24.0 Å². The zero-order valence-corrected chi connectivity index (χ0v) is 12.8. The second kappa shape index (κ2) is 5.68. The van der Waals surface area contributed by atoms with Crippen LogP contribution in [0.5, 0.6) is 5.75 Å². The van der Waals surface area contributed by atoms with E-state index in [1.807, 2.05) is 0 Å². The van der Waals surface area contributed by atoms with Crippen LogP contribution in [0.4, 0.5) is 4.39 Å². The maximum atomic E-state index is 13.9. The van der Waals surface area contributed by atoms with Crippen molar-refractivity contribution in [1.82, 2.24) is 4.90 Å². The number of carboxylic acids is 1. The van der Waals surface area contributed by atoms with Gasteiger partial charge >= 0.3 is 5.97 Å². The number of hydrogen-bond donors (Lipinski definition) is 1. The molecular weight excluding hydrogens is 301 g/mol. The number of benzene rings is 1. The molecule has 1 N–H and O–H groups in total. The SMILES string of the molecule is COc1cc2c(cc1F)CN(C(=O)C1(C(=O)O)CC=CC1)CC2. The number of rotatable bonds is 3. The van der Waals surface area contributed by atoms with Crippen molar-refractivity contribution in [2.75, 3.05) is 13.7 Å². The van der Waals surface area contributed by atoms with Crippen LogP contribution in [0, 0.1) is 11.2 Å². The second-order valence-corrected chi connectivity index (χ2v) is 6.00. The molecule has 1 aliphatic heterocycles. The molecule has 6 heteroatoms. The Bertz CT molecular complexity index is 690. The number of fused-ring (bicyclic) bond motifs is 1. The largest absolute Gasteiger partial charge is 0.494 e. The molecule has 1 amide bonds. The molecule has 0 aromatic heterocycles. The number of methoxy groups -OCH3 is 1. The Kier molecular flexibility index (Phi) is 3.83. The number of ether oxygens (including phenoxy) is 1. The number of carboxylic acid groups (broad SMARTS) is 1. The third kappa shape index (κ3) is 2.48. The first-order valence-corrected chi connectivity index (χ1v) is 7.51. The van der Waals surface area contributed by atoms with Gasteiger partial charge in [0.05, 0.1) is 7.11 Å². The lowest BCUT2D eigenvalue weighted by molar-refractivity contribution is -0.160. The van der Waals surface area contributed by atoms with E-state index in [0.29, 0.717) is 18.5 Å². The van der Waals surface area contributed by atoms with E-state index in [-0.39, 0.29) is 25.1 Å². The van der Waals surface area contributed by atoms with Crippen molar-refractivity contribution in [3.63, 3.8) is 0 Å². The van der Waals surface area contributed by atoms with Gasteiger partial charge in [-0.1, -0.05) is 12.2 Å². The number of amides is 1. The van der Waals surface area contributed by atoms with Gasteiger partial charge in [-0.2, -0.15) is 0 Å². The first-order chi connectivity index (χ1) is 11.0. The van der Waals surface area contributed by atoms with Gasteiger partial charge in [0.15, 0.2) is 17.0 Å². The fourth-order valence-electron chi connectivity index (χ4n) is 3.28. The van der Waals surface area contributed by atoms with Gasteiger partial charge in [-0.15, -0.1) is 0 Å². The average molecular weight is 319 g/mol. The van der Waals surface area contributed by atoms with Crippen molar-refractivity contribution < 1.29 is 23.8 Å². The van der Waals surface area contributed by atoms with E-state index in [2.05, 4.69) is 0 Å². The zero-order valence-electron chi connectivity index (χ0n) is 12.8. The summed E-state index contributed by atoms with van der Waals surface area (Å²) in [6.45, 7) is 0.653. The van der Waals surface area contributed by atoms with Gasteiger partial charge in [0.25, 0.3) is 0 Å². The maximum Gasteiger partial charge on any atom is 0.319 e. The molecular formula is C17H18FNO4. The molecule has 0 radical (unpaired) electrons. The van der Waals surface area contributed by atoms with Crippen molar-refractivity contribution in [1.29, 1.82) is 0 Å². The van der Waals surface area contributed by atoms with Gasteiger partial charge in [0.2, 0.25) is 5.91 Å². The summed E-state index contributed by atoms with van der Waals surface area (Å²) in [6.07, 6.45) is 4.44. The lowest BCUT2D eigenvalue weighted by Gasteiger charge is -2.35. The van der Waals surface area contributed by atoms with Crippen molar-refractivity contribution in [3.8, 4) is 5.75 Å². The highest BCUT2D eigenvalue weighted by atomic mass is 19.1. The summed E-state index contributed by atoms with van der Waals surface area (Å²) in [5.41, 5.74) is 0.235. The van der Waals surface area contributed by atoms with E-state index in [1.165, 1.54) is 18.1 Å². The smallest absolute Gasteiger partial charge is 0.319 e. The first-order valence-electron chi connectivity index (χ1n) is 7.51. The monoisotopic (exact) mass is 319 g/mol. The number of carbonyl (C=O) groups excluding carboxylic acids is 1. The molecule has 0 spiro atoms. The van der Waals surface area contributed by atoms with E-state index in [4.69, 9.17) is 4.74 Å². The van der Waals surface area contributed by atoms with Gasteiger partial charge < -0.3 is 14.7 Å². The minimum Gasteiger partial charge on any atom is -0.494 e. The number of nitrogens with zero attached hydrogens (tertiary/aromatic N) is 1. The van der Waals surface area contributed by atoms with Crippen LogP contribution in [0.25, 0.3) is 0 Å². The zero-order chi connectivity index (χ0) is 16.6. The van der Waals surface area contributed by atoms with Crippen molar-refractivity contribution in [3.05, 3.63) is 41.2 Å². The number of carbonyl (C=O) groups is 2. The minimum atomic E-state index is -1.40. The number of aliphatic carboxylic acids is 1. The lowest BCUT2D eigenvalue weighted by Crippen LogP contribution is -2.49. The predicted molar refractivity (Wildman–Crippen MR) is 80.5 cm³/mol. The third-order valence-corrected chi connectivity index (χ3v) is 4.69. The molecule has 2 aliphatic rings. The van der Waals surface area contributed by atoms with Crippen LogP contribution >= 0.6 is 0 Å². The van der Waals surface area contributed by atoms with E-state index in [0.717, 1.165) is 5.56 Å². The van der Waals surface area contributed by atoms with Crippen molar-refractivity contribution in [2.24, 2.45) is 5.41 Å². The van der Waals surface area contributed by atoms with Crippen molar-refractivity contribution in [2.45, 2.75) is 25.8 Å². The Morgan fingerprint density at radius 3 is 2.57 bits per heavy atom. The van der Waals surface area contributed by atoms with Crippen LogP contribution in [-0.4, -0.2) is 35.5 Å². The predicted octanol–water partition coefficient (Wildman–Crippen LogP) is 2.14. The topological polar surface area (TPSA) is 66.8 Å². The van der Waals surface area contributed by atoms with E-state index >= 15 is 0 Å². The summed E-state index contributed by atoms with van der Waals surface area (Å²) in [7, 11) is 1.41. The number of allylic oxidation sites excluding steroid dienone is 2. The summed E-state index contributed by atoms with van der Waals surface area (Å²) < 4.78 is 18.9. The summed E-state index contributed by atoms with van der Waals surface area (Å²) in [5, 5.41) is 9.51. The lowest BCUT2D eigenvalue weighted by atomic mass is 9.83. The van der Waals surface area contributed by atoms with Crippen LogP contribution in [0.15, 0.2) is 24.3 Å². The minimum absolute atomic E-state index is 0.186. The Morgan fingerprint density at radius 2 is 1.96 bits per heavy atom. The van der Waals surface area contributed by atoms with Gasteiger partial charge in [-0.05, 0) is 42.5 Å². The molecule has 1 aliphatic carbocycles. The fraction of sp³-hybridized carbons (Fsp3) is 0.412.